The molecule has 0 radical (unpaired) electrons. The zero-order valence-electron chi connectivity index (χ0n) is 20.6. The maximum absolute atomic E-state index is 5.16. The summed E-state index contributed by atoms with van der Waals surface area (Å²) in [6.07, 6.45) is 5.77. The Hall–Kier alpha value is -2.36. The van der Waals surface area contributed by atoms with E-state index < -0.39 is 0 Å². The molecular weight excluding hydrogens is 380 g/mol. The minimum absolute atomic E-state index is 0.532. The highest BCUT2D eigenvalue weighted by Crippen LogP contribution is 2.40. The van der Waals surface area contributed by atoms with E-state index in [1.54, 1.807) is 0 Å². The van der Waals surface area contributed by atoms with Crippen LogP contribution in [0.1, 0.15) is 80.1 Å². The number of anilines is 1. The van der Waals surface area contributed by atoms with E-state index in [0.29, 0.717) is 12.1 Å². The van der Waals surface area contributed by atoms with Gasteiger partial charge in [0, 0.05) is 23.3 Å². The lowest BCUT2D eigenvalue weighted by molar-refractivity contribution is 0.425. The quantitative estimate of drug-likeness (QED) is 0.464. The van der Waals surface area contributed by atoms with Gasteiger partial charge in [-0.05, 0) is 83.4 Å². The Morgan fingerprint density at radius 2 is 1.58 bits per heavy atom. The van der Waals surface area contributed by atoms with E-state index in [1.807, 2.05) is 0 Å². The van der Waals surface area contributed by atoms with Crippen molar-refractivity contribution in [1.82, 2.24) is 14.6 Å². The third-order valence-electron chi connectivity index (χ3n) is 7.32. The van der Waals surface area contributed by atoms with Crippen molar-refractivity contribution >= 4 is 11.5 Å². The molecule has 4 nitrogen and oxygen atoms in total. The minimum Gasteiger partial charge on any atom is -0.350 e. The van der Waals surface area contributed by atoms with Crippen LogP contribution in [0.4, 0.5) is 5.82 Å². The molecule has 3 heterocycles. The normalized spacial score (nSPS) is 16.4. The van der Waals surface area contributed by atoms with Gasteiger partial charge in [0.15, 0.2) is 5.65 Å². The van der Waals surface area contributed by atoms with Gasteiger partial charge < -0.3 is 4.90 Å². The van der Waals surface area contributed by atoms with Crippen molar-refractivity contribution in [3.05, 3.63) is 45.8 Å². The van der Waals surface area contributed by atoms with Gasteiger partial charge in [-0.1, -0.05) is 38.5 Å². The standard InChI is InChI=1S/C27H38N4/c1-9-21(10-2)30-22(11-3)12-13-23-19(7)28-26-25(20(8)29-31(26)27(23)30)24-17(5)14-16(4)15-18(24)6/h14-15,21-22H,9-13H2,1-8H3. The Bertz CT molecular complexity index is 1100. The lowest BCUT2D eigenvalue weighted by atomic mass is 9.92. The van der Waals surface area contributed by atoms with Gasteiger partial charge in [0.2, 0.25) is 0 Å². The zero-order valence-corrected chi connectivity index (χ0v) is 20.6. The molecule has 0 bridgehead atoms. The Morgan fingerprint density at radius 1 is 0.935 bits per heavy atom. The Morgan fingerprint density at radius 3 is 2.16 bits per heavy atom. The van der Waals surface area contributed by atoms with Crippen LogP contribution in [-0.4, -0.2) is 26.7 Å². The Labute approximate surface area is 187 Å². The first kappa shape index (κ1) is 21.9. The topological polar surface area (TPSA) is 33.4 Å². The lowest BCUT2D eigenvalue weighted by Crippen LogP contribution is -2.47. The summed E-state index contributed by atoms with van der Waals surface area (Å²) in [6.45, 7) is 17.9. The van der Waals surface area contributed by atoms with Gasteiger partial charge in [-0.2, -0.15) is 9.61 Å². The molecule has 0 aliphatic carbocycles. The fourth-order valence-corrected chi connectivity index (χ4v) is 5.88. The summed E-state index contributed by atoms with van der Waals surface area (Å²) in [5.41, 5.74) is 11.0. The van der Waals surface area contributed by atoms with E-state index in [0.717, 1.165) is 36.3 Å². The van der Waals surface area contributed by atoms with Crippen LogP contribution in [0.2, 0.25) is 0 Å². The van der Waals surface area contributed by atoms with Crippen LogP contribution in [0.15, 0.2) is 12.1 Å². The molecule has 1 aliphatic rings. The van der Waals surface area contributed by atoms with E-state index in [1.165, 1.54) is 52.0 Å². The maximum Gasteiger partial charge on any atom is 0.165 e. The number of benzene rings is 1. The number of aromatic nitrogens is 3. The summed E-state index contributed by atoms with van der Waals surface area (Å²) in [5, 5.41) is 5.13. The highest BCUT2D eigenvalue weighted by molar-refractivity contribution is 5.85. The highest BCUT2D eigenvalue weighted by Gasteiger charge is 2.34. The number of rotatable bonds is 5. The van der Waals surface area contributed by atoms with Gasteiger partial charge >= 0.3 is 0 Å². The molecule has 0 saturated carbocycles. The van der Waals surface area contributed by atoms with Crippen LogP contribution < -0.4 is 4.90 Å². The second kappa shape index (κ2) is 8.29. The molecule has 0 fully saturated rings. The molecule has 1 unspecified atom stereocenters. The van der Waals surface area contributed by atoms with E-state index in [9.17, 15) is 0 Å². The smallest absolute Gasteiger partial charge is 0.165 e. The summed E-state index contributed by atoms with van der Waals surface area (Å²) in [5.74, 6) is 1.30. The first-order valence-electron chi connectivity index (χ1n) is 12.1. The summed E-state index contributed by atoms with van der Waals surface area (Å²) in [7, 11) is 0. The number of hydrogen-bond acceptors (Lipinski definition) is 3. The van der Waals surface area contributed by atoms with Crippen LogP contribution in [-0.2, 0) is 6.42 Å². The molecule has 2 aromatic heterocycles. The van der Waals surface area contributed by atoms with Crippen molar-refractivity contribution in [3.8, 4) is 11.1 Å². The van der Waals surface area contributed by atoms with E-state index in [4.69, 9.17) is 10.1 Å². The van der Waals surface area contributed by atoms with Crippen molar-refractivity contribution < 1.29 is 0 Å². The third kappa shape index (κ3) is 3.44. The van der Waals surface area contributed by atoms with Crippen molar-refractivity contribution in [2.75, 3.05) is 4.90 Å². The molecule has 3 aromatic rings. The minimum atomic E-state index is 0.532. The first-order chi connectivity index (χ1) is 14.8. The molecule has 166 valence electrons. The average molecular weight is 419 g/mol. The second-order valence-corrected chi connectivity index (χ2v) is 9.45. The van der Waals surface area contributed by atoms with Gasteiger partial charge in [-0.15, -0.1) is 0 Å². The fourth-order valence-electron chi connectivity index (χ4n) is 5.88. The Kier molecular flexibility index (Phi) is 5.85. The monoisotopic (exact) mass is 418 g/mol. The van der Waals surface area contributed by atoms with Crippen LogP contribution in [0.5, 0.6) is 0 Å². The predicted octanol–water partition coefficient (Wildman–Crippen LogP) is 6.66. The van der Waals surface area contributed by atoms with E-state index in [2.05, 4.69) is 76.9 Å². The molecule has 0 saturated heterocycles. The van der Waals surface area contributed by atoms with E-state index in [-0.39, 0.29) is 0 Å². The van der Waals surface area contributed by atoms with Crippen molar-refractivity contribution in [2.45, 2.75) is 99.6 Å². The number of fused-ring (bicyclic) bond motifs is 3. The largest absolute Gasteiger partial charge is 0.350 e. The summed E-state index contributed by atoms with van der Waals surface area (Å²) in [6, 6.07) is 5.66. The van der Waals surface area contributed by atoms with Gasteiger partial charge in [0.25, 0.3) is 0 Å². The Balaban J connectivity index is 2.06. The molecule has 1 atom stereocenters. The molecule has 0 N–H and O–H groups in total. The van der Waals surface area contributed by atoms with Crippen molar-refractivity contribution in [3.63, 3.8) is 0 Å². The average Bonchev–Trinajstić information content (AvgIpc) is 3.04. The molecule has 1 aromatic carbocycles. The fraction of sp³-hybridized carbons (Fsp3) is 0.556. The molecular formula is C27H38N4. The van der Waals surface area contributed by atoms with Gasteiger partial charge in [-0.3, -0.25) is 0 Å². The lowest BCUT2D eigenvalue weighted by Gasteiger charge is -2.43. The SMILES string of the molecule is CCC(CC)N1c2c(c(C)nc3c(-c4c(C)cc(C)cc4C)c(C)nn23)CCC1CC. The van der Waals surface area contributed by atoms with Gasteiger partial charge in [-0.25, -0.2) is 4.98 Å². The second-order valence-electron chi connectivity index (χ2n) is 9.45. The van der Waals surface area contributed by atoms with Crippen molar-refractivity contribution in [2.24, 2.45) is 0 Å². The molecule has 4 rings (SSSR count). The van der Waals surface area contributed by atoms with Crippen LogP contribution in [0.25, 0.3) is 16.8 Å². The molecule has 0 amide bonds. The summed E-state index contributed by atoms with van der Waals surface area (Å²) < 4.78 is 2.19. The van der Waals surface area contributed by atoms with Crippen molar-refractivity contribution in [1.29, 1.82) is 0 Å². The number of hydrogen-bond donors (Lipinski definition) is 0. The molecule has 0 spiro atoms. The predicted molar refractivity (Wildman–Crippen MR) is 131 cm³/mol. The highest BCUT2D eigenvalue weighted by atomic mass is 15.4. The van der Waals surface area contributed by atoms with Gasteiger partial charge in [0.1, 0.15) is 5.82 Å². The molecule has 31 heavy (non-hydrogen) atoms. The summed E-state index contributed by atoms with van der Waals surface area (Å²) >= 11 is 0. The maximum atomic E-state index is 5.16. The zero-order chi connectivity index (χ0) is 22.4. The van der Waals surface area contributed by atoms with Crippen LogP contribution >= 0.6 is 0 Å². The van der Waals surface area contributed by atoms with Crippen LogP contribution in [0.3, 0.4) is 0 Å². The third-order valence-corrected chi connectivity index (χ3v) is 7.32. The first-order valence-corrected chi connectivity index (χ1v) is 12.1. The van der Waals surface area contributed by atoms with Gasteiger partial charge in [0.05, 0.1) is 11.3 Å². The molecule has 1 aliphatic heterocycles. The van der Waals surface area contributed by atoms with Crippen LogP contribution in [0, 0.1) is 34.6 Å². The summed E-state index contributed by atoms with van der Waals surface area (Å²) in [4.78, 5) is 7.86. The number of nitrogens with zero attached hydrogens (tertiary/aromatic N) is 4. The number of aryl methyl sites for hydroxylation is 5. The van der Waals surface area contributed by atoms with E-state index >= 15 is 0 Å². The molecule has 4 heteroatoms.